The second kappa shape index (κ2) is 9.56. The van der Waals surface area contributed by atoms with E-state index in [-0.39, 0.29) is 37.1 Å². The molecular weight excluding hydrogens is 430 g/mol. The Balaban J connectivity index is 1.26. The van der Waals surface area contributed by atoms with Crippen LogP contribution in [-0.2, 0) is 14.3 Å². The van der Waals surface area contributed by atoms with Gasteiger partial charge in [0.25, 0.3) is 11.8 Å². The molecule has 0 atom stereocenters. The van der Waals surface area contributed by atoms with E-state index >= 15 is 0 Å². The summed E-state index contributed by atoms with van der Waals surface area (Å²) >= 11 is 1.41. The summed E-state index contributed by atoms with van der Waals surface area (Å²) in [5.41, 5.74) is 1.83. The normalized spacial score (nSPS) is 10.9. The Kier molecular flexibility index (Phi) is 6.41. The molecule has 0 fully saturated rings. The standard InChI is InChI=1S/C22H21N5O4S/c1-2-27(22-24-16-9-5-6-10-17(16)32-22)18(28)13-31-19(29)11-12-23-21(30)20-14-7-3-4-8-15(14)25-26-20/h3-10H,2,11-13H2,1H3,(H,23,30)(H,25,26). The minimum absolute atomic E-state index is 0.0609. The molecule has 0 aliphatic heterocycles. The number of carbonyl (C=O) groups excluding carboxylic acids is 3. The van der Waals surface area contributed by atoms with Gasteiger partial charge in [-0.15, -0.1) is 0 Å². The average Bonchev–Trinajstić information content (AvgIpc) is 3.42. The first-order valence-electron chi connectivity index (χ1n) is 10.1. The van der Waals surface area contributed by atoms with E-state index in [2.05, 4.69) is 20.5 Å². The van der Waals surface area contributed by atoms with Crippen molar-refractivity contribution >= 4 is 55.4 Å². The zero-order valence-electron chi connectivity index (χ0n) is 17.3. The second-order valence-corrected chi connectivity index (χ2v) is 7.90. The maximum atomic E-state index is 12.6. The van der Waals surface area contributed by atoms with Crippen LogP contribution in [0.15, 0.2) is 48.5 Å². The molecule has 0 saturated carbocycles. The zero-order valence-corrected chi connectivity index (χ0v) is 18.1. The van der Waals surface area contributed by atoms with Crippen LogP contribution in [0.3, 0.4) is 0 Å². The molecule has 0 unspecified atom stereocenters. The third kappa shape index (κ3) is 4.59. The van der Waals surface area contributed by atoms with Crippen LogP contribution in [0.5, 0.6) is 0 Å². The lowest BCUT2D eigenvalue weighted by Gasteiger charge is -2.17. The van der Waals surface area contributed by atoms with Crippen LogP contribution in [0.4, 0.5) is 5.13 Å². The molecule has 2 amide bonds. The number of esters is 1. The molecule has 0 spiro atoms. The lowest BCUT2D eigenvalue weighted by atomic mass is 10.2. The lowest BCUT2D eigenvalue weighted by Crippen LogP contribution is -2.35. The van der Waals surface area contributed by atoms with Gasteiger partial charge in [0.2, 0.25) is 0 Å². The summed E-state index contributed by atoms with van der Waals surface area (Å²) < 4.78 is 6.08. The van der Waals surface area contributed by atoms with Crippen LogP contribution in [-0.4, -0.2) is 52.7 Å². The summed E-state index contributed by atoms with van der Waals surface area (Å²) in [4.78, 5) is 42.9. The fraction of sp³-hybridized carbons (Fsp3) is 0.227. The monoisotopic (exact) mass is 451 g/mol. The number of aromatic nitrogens is 3. The highest BCUT2D eigenvalue weighted by Crippen LogP contribution is 2.28. The molecule has 2 aromatic heterocycles. The molecule has 2 aromatic carbocycles. The van der Waals surface area contributed by atoms with Gasteiger partial charge in [-0.25, -0.2) is 4.98 Å². The number of hydrogen-bond acceptors (Lipinski definition) is 7. The number of anilines is 1. The summed E-state index contributed by atoms with van der Waals surface area (Å²) in [5, 5.41) is 10.7. The number of hydrogen-bond donors (Lipinski definition) is 2. The van der Waals surface area contributed by atoms with Crippen LogP contribution in [0.2, 0.25) is 0 Å². The lowest BCUT2D eigenvalue weighted by molar-refractivity contribution is -0.147. The number of H-pyrrole nitrogens is 1. The van der Waals surface area contributed by atoms with Crippen molar-refractivity contribution in [2.45, 2.75) is 13.3 Å². The Hall–Kier alpha value is -3.79. The van der Waals surface area contributed by atoms with E-state index in [1.54, 1.807) is 6.07 Å². The first-order valence-corrected chi connectivity index (χ1v) is 10.9. The van der Waals surface area contributed by atoms with Gasteiger partial charge in [-0.1, -0.05) is 41.7 Å². The molecule has 0 radical (unpaired) electrons. The van der Waals surface area contributed by atoms with Crippen molar-refractivity contribution in [2.75, 3.05) is 24.6 Å². The molecule has 2 N–H and O–H groups in total. The summed E-state index contributed by atoms with van der Waals surface area (Å²) in [6.07, 6.45) is -0.0609. The van der Waals surface area contributed by atoms with Crippen molar-refractivity contribution in [1.82, 2.24) is 20.5 Å². The Labute approximate surface area is 187 Å². The molecule has 0 bridgehead atoms. The number of amides is 2. The predicted octanol–water partition coefficient (Wildman–Crippen LogP) is 2.89. The van der Waals surface area contributed by atoms with Crippen molar-refractivity contribution in [3.05, 3.63) is 54.2 Å². The maximum Gasteiger partial charge on any atom is 0.308 e. The van der Waals surface area contributed by atoms with Crippen molar-refractivity contribution in [3.63, 3.8) is 0 Å². The minimum Gasteiger partial charge on any atom is -0.455 e. The van der Waals surface area contributed by atoms with Gasteiger partial charge in [0.05, 0.1) is 22.2 Å². The van der Waals surface area contributed by atoms with Crippen molar-refractivity contribution in [3.8, 4) is 0 Å². The number of likely N-dealkylation sites (N-methyl/N-ethyl adjacent to an activating group) is 1. The van der Waals surface area contributed by atoms with E-state index in [0.717, 1.165) is 15.7 Å². The average molecular weight is 452 g/mol. The van der Waals surface area contributed by atoms with E-state index in [1.165, 1.54) is 16.2 Å². The molecule has 0 aliphatic rings. The topological polar surface area (TPSA) is 117 Å². The van der Waals surface area contributed by atoms with Gasteiger partial charge in [0.1, 0.15) is 0 Å². The van der Waals surface area contributed by atoms with E-state index < -0.39 is 5.97 Å². The molecule has 0 aliphatic carbocycles. The number of thiazole rings is 1. The Morgan fingerprint density at radius 3 is 2.72 bits per heavy atom. The molecule has 32 heavy (non-hydrogen) atoms. The van der Waals surface area contributed by atoms with Gasteiger partial charge in [0, 0.05) is 18.5 Å². The molecule has 164 valence electrons. The minimum atomic E-state index is -0.578. The van der Waals surface area contributed by atoms with Crippen molar-refractivity contribution in [1.29, 1.82) is 0 Å². The SMILES string of the molecule is CCN(C(=O)COC(=O)CCNC(=O)c1n[nH]c2ccccc12)c1nc2ccccc2s1. The van der Waals surface area contributed by atoms with Gasteiger partial charge >= 0.3 is 5.97 Å². The third-order valence-corrected chi connectivity index (χ3v) is 5.85. The summed E-state index contributed by atoms with van der Waals surface area (Å²) in [6.45, 7) is 1.92. The summed E-state index contributed by atoms with van der Waals surface area (Å²) in [7, 11) is 0. The number of aromatic amines is 1. The number of benzene rings is 2. The highest BCUT2D eigenvalue weighted by Gasteiger charge is 2.20. The van der Waals surface area contributed by atoms with Crippen LogP contribution < -0.4 is 10.2 Å². The number of nitrogens with one attached hydrogen (secondary N) is 2. The van der Waals surface area contributed by atoms with Gasteiger partial charge < -0.3 is 10.1 Å². The van der Waals surface area contributed by atoms with E-state index in [0.29, 0.717) is 17.1 Å². The Morgan fingerprint density at radius 2 is 1.91 bits per heavy atom. The largest absolute Gasteiger partial charge is 0.455 e. The van der Waals surface area contributed by atoms with Crippen molar-refractivity contribution < 1.29 is 19.1 Å². The number of carbonyl (C=O) groups is 3. The number of fused-ring (bicyclic) bond motifs is 2. The fourth-order valence-electron chi connectivity index (χ4n) is 3.18. The van der Waals surface area contributed by atoms with Crippen LogP contribution in [0.25, 0.3) is 21.1 Å². The molecule has 0 saturated heterocycles. The number of nitrogens with zero attached hydrogens (tertiary/aromatic N) is 3. The first-order chi connectivity index (χ1) is 15.6. The van der Waals surface area contributed by atoms with Gasteiger partial charge in [-0.2, -0.15) is 5.10 Å². The third-order valence-electron chi connectivity index (χ3n) is 4.79. The number of para-hydroxylation sites is 2. The van der Waals surface area contributed by atoms with Gasteiger partial charge in [-0.3, -0.25) is 24.4 Å². The summed E-state index contributed by atoms with van der Waals surface area (Å²) in [5.74, 6) is -1.32. The van der Waals surface area contributed by atoms with Crippen LogP contribution >= 0.6 is 11.3 Å². The van der Waals surface area contributed by atoms with Crippen LogP contribution in [0, 0.1) is 0 Å². The van der Waals surface area contributed by atoms with Crippen molar-refractivity contribution in [2.24, 2.45) is 0 Å². The second-order valence-electron chi connectivity index (χ2n) is 6.89. The quantitative estimate of drug-likeness (QED) is 0.398. The maximum absolute atomic E-state index is 12.6. The molecule has 10 heteroatoms. The molecule has 9 nitrogen and oxygen atoms in total. The molecule has 4 rings (SSSR count). The van der Waals surface area contributed by atoms with Gasteiger partial charge in [-0.05, 0) is 25.1 Å². The highest BCUT2D eigenvalue weighted by atomic mass is 32.1. The van der Waals surface area contributed by atoms with E-state index in [4.69, 9.17) is 4.74 Å². The smallest absolute Gasteiger partial charge is 0.308 e. The fourth-order valence-corrected chi connectivity index (χ4v) is 4.23. The molecule has 2 heterocycles. The molecule has 4 aromatic rings. The zero-order chi connectivity index (χ0) is 22.5. The van der Waals surface area contributed by atoms with Crippen LogP contribution in [0.1, 0.15) is 23.8 Å². The van der Waals surface area contributed by atoms with Gasteiger partial charge in [0.15, 0.2) is 17.4 Å². The number of ether oxygens (including phenoxy) is 1. The summed E-state index contributed by atoms with van der Waals surface area (Å²) in [6, 6.07) is 14.9. The molecular formula is C22H21N5O4S. The Bertz CT molecular complexity index is 1250. The first kappa shape index (κ1) is 21.4. The highest BCUT2D eigenvalue weighted by molar-refractivity contribution is 7.22. The number of rotatable bonds is 8. The van der Waals surface area contributed by atoms with E-state index in [1.807, 2.05) is 49.4 Å². The predicted molar refractivity (Wildman–Crippen MR) is 122 cm³/mol. The Morgan fingerprint density at radius 1 is 1.12 bits per heavy atom. The van der Waals surface area contributed by atoms with E-state index in [9.17, 15) is 14.4 Å².